The number of ether oxygens (including phenoxy) is 2. The lowest BCUT2D eigenvalue weighted by molar-refractivity contribution is -0.224. The maximum atomic E-state index is 15.6. The Hall–Kier alpha value is -5.81. The third-order valence-electron chi connectivity index (χ3n) is 11.5. The number of alkyl halides is 2. The van der Waals surface area contributed by atoms with Crippen LogP contribution in [0.25, 0.3) is 0 Å². The Morgan fingerprint density at radius 2 is 1.12 bits per heavy atom. The van der Waals surface area contributed by atoms with Crippen LogP contribution in [0.2, 0.25) is 0 Å². The molecule has 0 saturated carbocycles. The molecule has 2 fully saturated rings. The molecular formula is C49H71F2N7O9. The number of hydrogen-bond donors (Lipinski definition) is 5. The van der Waals surface area contributed by atoms with Gasteiger partial charge in [0.15, 0.2) is 0 Å². The summed E-state index contributed by atoms with van der Waals surface area (Å²) in [6, 6.07) is 13.2. The van der Waals surface area contributed by atoms with Crippen molar-refractivity contribution in [2.24, 2.45) is 11.3 Å². The summed E-state index contributed by atoms with van der Waals surface area (Å²) in [4.78, 5) is 96.6. The molecule has 16 nitrogen and oxygen atoms in total. The predicted molar refractivity (Wildman–Crippen MR) is 248 cm³/mol. The normalized spacial score (nSPS) is 17.2. The van der Waals surface area contributed by atoms with Crippen molar-refractivity contribution in [1.82, 2.24) is 36.4 Å². The lowest BCUT2D eigenvalue weighted by Crippen LogP contribution is -2.72. The minimum atomic E-state index is -3.24. The van der Waals surface area contributed by atoms with E-state index >= 15 is 8.78 Å². The molecule has 2 aliphatic rings. The molecule has 1 spiro atoms. The highest BCUT2D eigenvalue weighted by Crippen LogP contribution is 2.50. The van der Waals surface area contributed by atoms with Gasteiger partial charge in [0.2, 0.25) is 29.5 Å². The highest BCUT2D eigenvalue weighted by Gasteiger charge is 2.64. The number of halogens is 2. The molecule has 4 atom stereocenters. The average Bonchev–Trinajstić information content (AvgIpc) is 3.20. The Labute approximate surface area is 393 Å². The van der Waals surface area contributed by atoms with Crippen molar-refractivity contribution >= 4 is 41.7 Å². The summed E-state index contributed by atoms with van der Waals surface area (Å²) in [6.45, 7) is 14.3. The van der Waals surface area contributed by atoms with E-state index in [0.29, 0.717) is 18.4 Å². The third-order valence-corrected chi connectivity index (χ3v) is 11.5. The molecule has 2 aliphatic heterocycles. The lowest BCUT2D eigenvalue weighted by atomic mass is 9.69. The number of hydrogen-bond acceptors (Lipinski definition) is 9. The van der Waals surface area contributed by atoms with Crippen molar-refractivity contribution < 1.29 is 51.8 Å². The number of unbranched alkanes of at least 4 members (excludes halogenated alkanes) is 1. The molecule has 18 heteroatoms. The zero-order chi connectivity index (χ0) is 49.7. The molecule has 0 bridgehead atoms. The van der Waals surface area contributed by atoms with Crippen LogP contribution in [0.5, 0.6) is 0 Å². The van der Waals surface area contributed by atoms with Crippen LogP contribution in [0.3, 0.4) is 0 Å². The third kappa shape index (κ3) is 16.8. The van der Waals surface area contributed by atoms with E-state index in [0.717, 1.165) is 10.5 Å². The first-order valence-corrected chi connectivity index (χ1v) is 23.1. The number of nitrogens with one attached hydrogen (secondary N) is 5. The standard InChI is InChI=1S/C49H71F2N7O9/c1-32(2)26-37(54-41(61)38(27-34-18-12-10-13-19-34)55-42(62)39(28-35-20-14-11-15-21-35)56-45(65)67-47(7,8)9)40(60)53-36(22-16-17-24-52-44(64)66-46(4,5)6)43(63)58-29-48(30-58)23-25-57(33(3)59)31-49(48,50)51/h10-15,18-21,32,36-39H,16-17,22-31H2,1-9H3,(H,52,64)(H,53,60)(H,54,61)(H,55,62)(H,56,65). The second-order valence-electron chi connectivity index (χ2n) is 20.2. The fraction of sp³-hybridized carbons (Fsp3) is 0.612. The van der Waals surface area contributed by atoms with Crippen LogP contribution in [0, 0.1) is 11.3 Å². The smallest absolute Gasteiger partial charge is 0.408 e. The number of benzene rings is 2. The Bertz CT molecular complexity index is 2020. The molecule has 2 aromatic carbocycles. The van der Waals surface area contributed by atoms with Crippen LogP contribution in [-0.2, 0) is 46.3 Å². The van der Waals surface area contributed by atoms with Crippen molar-refractivity contribution in [3.05, 3.63) is 71.8 Å². The van der Waals surface area contributed by atoms with Crippen molar-refractivity contribution in [1.29, 1.82) is 0 Å². The number of nitrogens with zero attached hydrogens (tertiary/aromatic N) is 2. The maximum Gasteiger partial charge on any atom is 0.408 e. The van der Waals surface area contributed by atoms with E-state index in [2.05, 4.69) is 26.6 Å². The van der Waals surface area contributed by atoms with E-state index in [1.807, 2.05) is 19.9 Å². The van der Waals surface area contributed by atoms with Crippen molar-refractivity contribution in [3.63, 3.8) is 0 Å². The van der Waals surface area contributed by atoms with Gasteiger partial charge in [-0.25, -0.2) is 18.4 Å². The van der Waals surface area contributed by atoms with Gasteiger partial charge in [-0.3, -0.25) is 24.0 Å². The van der Waals surface area contributed by atoms with Gasteiger partial charge in [0, 0.05) is 45.9 Å². The number of carbonyl (C=O) groups excluding carboxylic acids is 7. The van der Waals surface area contributed by atoms with Gasteiger partial charge in [0.25, 0.3) is 5.92 Å². The largest absolute Gasteiger partial charge is 0.444 e. The molecule has 7 amide bonds. The number of likely N-dealkylation sites (tertiary alicyclic amines) is 2. The molecule has 4 rings (SSSR count). The Kier molecular flexibility index (Phi) is 18.7. The number of alkyl carbamates (subject to hydrolysis) is 2. The number of carbonyl (C=O) groups is 7. The zero-order valence-electron chi connectivity index (χ0n) is 40.5. The van der Waals surface area contributed by atoms with Gasteiger partial charge in [-0.15, -0.1) is 0 Å². The lowest BCUT2D eigenvalue weighted by Gasteiger charge is -2.57. The highest BCUT2D eigenvalue weighted by molar-refractivity contribution is 5.95. The molecule has 2 heterocycles. The first kappa shape index (κ1) is 53.8. The van der Waals surface area contributed by atoms with Gasteiger partial charge in [0.1, 0.15) is 35.4 Å². The number of amides is 7. The highest BCUT2D eigenvalue weighted by atomic mass is 19.3. The van der Waals surface area contributed by atoms with Gasteiger partial charge in [-0.1, -0.05) is 74.5 Å². The van der Waals surface area contributed by atoms with E-state index in [1.165, 1.54) is 11.8 Å². The molecule has 0 aromatic heterocycles. The predicted octanol–water partition coefficient (Wildman–Crippen LogP) is 5.28. The second-order valence-corrected chi connectivity index (χ2v) is 20.2. The Morgan fingerprint density at radius 3 is 1.61 bits per heavy atom. The van der Waals surface area contributed by atoms with E-state index in [1.54, 1.807) is 96.1 Å². The summed E-state index contributed by atoms with van der Waals surface area (Å²) in [5.41, 5.74) is -1.65. The zero-order valence-corrected chi connectivity index (χ0v) is 40.5. The van der Waals surface area contributed by atoms with Crippen LogP contribution in [-0.4, -0.2) is 126 Å². The number of rotatable bonds is 19. The van der Waals surface area contributed by atoms with Crippen molar-refractivity contribution in [2.75, 3.05) is 32.7 Å². The van der Waals surface area contributed by atoms with E-state index in [4.69, 9.17) is 9.47 Å². The van der Waals surface area contributed by atoms with Crippen LogP contribution >= 0.6 is 0 Å². The SMILES string of the molecule is CC(=O)N1CCC2(CN(C(=O)C(CCCCNC(=O)OC(C)(C)C)NC(=O)C(CC(C)C)NC(=O)C(Cc3ccccc3)NC(=O)C(Cc3ccccc3)NC(=O)OC(C)(C)C)C2)C(F)(F)C1. The van der Waals surface area contributed by atoms with Crippen LogP contribution in [0.4, 0.5) is 18.4 Å². The molecule has 370 valence electrons. The summed E-state index contributed by atoms with van der Waals surface area (Å²) < 4.78 is 41.9. The fourth-order valence-corrected chi connectivity index (χ4v) is 8.06. The summed E-state index contributed by atoms with van der Waals surface area (Å²) in [5.74, 6) is -6.48. The molecule has 5 N–H and O–H groups in total. The summed E-state index contributed by atoms with van der Waals surface area (Å²) in [6.07, 6.45) is -0.406. The molecule has 0 radical (unpaired) electrons. The molecule has 4 unspecified atom stereocenters. The fourth-order valence-electron chi connectivity index (χ4n) is 8.06. The van der Waals surface area contributed by atoms with Crippen LogP contribution < -0.4 is 26.6 Å². The summed E-state index contributed by atoms with van der Waals surface area (Å²) in [5, 5.41) is 13.8. The minimum Gasteiger partial charge on any atom is -0.444 e. The van der Waals surface area contributed by atoms with Gasteiger partial charge in [-0.05, 0) is 90.7 Å². The van der Waals surface area contributed by atoms with E-state index < -0.39 is 95.0 Å². The molecule has 67 heavy (non-hydrogen) atoms. The monoisotopic (exact) mass is 940 g/mol. The van der Waals surface area contributed by atoms with Gasteiger partial charge < -0.3 is 45.9 Å². The van der Waals surface area contributed by atoms with Gasteiger partial charge in [-0.2, -0.15) is 0 Å². The molecule has 0 aliphatic carbocycles. The first-order valence-electron chi connectivity index (χ1n) is 23.1. The molecule has 2 saturated heterocycles. The van der Waals surface area contributed by atoms with Crippen LogP contribution in [0.15, 0.2) is 60.7 Å². The average molecular weight is 940 g/mol. The molecular weight excluding hydrogens is 869 g/mol. The summed E-state index contributed by atoms with van der Waals surface area (Å²) >= 11 is 0. The number of piperidine rings is 1. The summed E-state index contributed by atoms with van der Waals surface area (Å²) in [7, 11) is 0. The quantitative estimate of drug-likeness (QED) is 0.116. The molecule has 2 aromatic rings. The van der Waals surface area contributed by atoms with E-state index in [9.17, 15) is 33.6 Å². The first-order chi connectivity index (χ1) is 31.3. The van der Waals surface area contributed by atoms with Gasteiger partial charge >= 0.3 is 12.2 Å². The Morgan fingerprint density at radius 1 is 0.642 bits per heavy atom. The Balaban J connectivity index is 1.55. The van der Waals surface area contributed by atoms with E-state index in [-0.39, 0.29) is 64.2 Å². The van der Waals surface area contributed by atoms with Gasteiger partial charge in [0.05, 0.1) is 12.0 Å². The van der Waals surface area contributed by atoms with Crippen molar-refractivity contribution in [3.8, 4) is 0 Å². The topological polar surface area (TPSA) is 205 Å². The minimum absolute atomic E-state index is 0.00394. The maximum absolute atomic E-state index is 15.6. The second kappa shape index (κ2) is 23.3. The van der Waals surface area contributed by atoms with Crippen molar-refractivity contribution in [2.45, 2.75) is 149 Å². The van der Waals surface area contributed by atoms with Crippen LogP contribution in [0.1, 0.15) is 106 Å².